The molecule has 0 unspecified atom stereocenters. The van der Waals surface area contributed by atoms with Crippen molar-refractivity contribution >= 4 is 15.9 Å². The first-order valence-electron chi connectivity index (χ1n) is 3.61. The topological polar surface area (TPSA) is 12.9 Å². The number of alkyl halides is 4. The molecule has 1 rings (SSSR count). The Morgan fingerprint density at radius 1 is 1.38 bits per heavy atom. The van der Waals surface area contributed by atoms with Crippen LogP contribution in [0.15, 0.2) is 18.5 Å². The fourth-order valence-corrected chi connectivity index (χ4v) is 1.43. The first-order valence-corrected chi connectivity index (χ1v) is 4.74. The van der Waals surface area contributed by atoms with Gasteiger partial charge in [-0.1, -0.05) is 15.9 Å². The van der Waals surface area contributed by atoms with Crippen LogP contribution < -0.4 is 0 Å². The summed E-state index contributed by atoms with van der Waals surface area (Å²) in [4.78, 5) is 3.66. The van der Waals surface area contributed by atoms with Gasteiger partial charge < -0.3 is 0 Å². The lowest BCUT2D eigenvalue weighted by atomic mass is 10.1. The zero-order valence-electron chi connectivity index (χ0n) is 6.61. The molecule has 0 saturated heterocycles. The number of hydrogen-bond acceptors (Lipinski definition) is 1. The second kappa shape index (κ2) is 4.09. The summed E-state index contributed by atoms with van der Waals surface area (Å²) in [6.45, 7) is 0. The minimum Gasteiger partial charge on any atom is -0.264 e. The molecule has 0 amide bonds. The summed E-state index contributed by atoms with van der Waals surface area (Å²) in [6.07, 6.45) is -1.53. The molecule has 1 heterocycles. The van der Waals surface area contributed by atoms with Gasteiger partial charge in [-0.2, -0.15) is 13.2 Å². The first-order chi connectivity index (χ1) is 6.05. The normalized spacial score (nSPS) is 11.7. The molecule has 0 saturated carbocycles. The molecule has 1 aromatic rings. The third-order valence-electron chi connectivity index (χ3n) is 1.57. The fraction of sp³-hybridized carbons (Fsp3) is 0.375. The fourth-order valence-electron chi connectivity index (χ4n) is 1.00. The zero-order valence-corrected chi connectivity index (χ0v) is 8.19. The molecule has 5 heteroatoms. The first kappa shape index (κ1) is 10.5. The van der Waals surface area contributed by atoms with Crippen LogP contribution in [0, 0.1) is 0 Å². The number of pyridine rings is 1. The van der Waals surface area contributed by atoms with Crippen molar-refractivity contribution in [2.24, 2.45) is 0 Å². The van der Waals surface area contributed by atoms with Gasteiger partial charge in [-0.25, -0.2) is 0 Å². The van der Waals surface area contributed by atoms with Crippen molar-refractivity contribution in [3.05, 3.63) is 29.6 Å². The molecular formula is C8H7BrF3N. The van der Waals surface area contributed by atoms with E-state index in [1.165, 1.54) is 6.20 Å². The Morgan fingerprint density at radius 3 is 2.62 bits per heavy atom. The van der Waals surface area contributed by atoms with Crippen LogP contribution in [0.2, 0.25) is 0 Å². The Kier molecular flexibility index (Phi) is 3.30. The highest BCUT2D eigenvalue weighted by molar-refractivity contribution is 9.09. The van der Waals surface area contributed by atoms with E-state index in [0.29, 0.717) is 11.8 Å². The number of rotatable bonds is 2. The van der Waals surface area contributed by atoms with Crippen LogP contribution in [0.4, 0.5) is 13.2 Å². The Morgan fingerprint density at radius 2 is 2.08 bits per heavy atom. The molecule has 0 aliphatic heterocycles. The van der Waals surface area contributed by atoms with Gasteiger partial charge in [-0.05, 0) is 18.1 Å². The van der Waals surface area contributed by atoms with Crippen LogP contribution in [0.1, 0.15) is 11.1 Å². The minimum absolute atomic E-state index is 0.229. The lowest BCUT2D eigenvalue weighted by Crippen LogP contribution is -2.09. The van der Waals surface area contributed by atoms with Gasteiger partial charge in [0.2, 0.25) is 0 Å². The van der Waals surface area contributed by atoms with Crippen molar-refractivity contribution in [3.8, 4) is 0 Å². The molecule has 0 aliphatic rings. The van der Waals surface area contributed by atoms with E-state index >= 15 is 0 Å². The molecule has 1 nitrogen and oxygen atoms in total. The number of hydrogen-bond donors (Lipinski definition) is 0. The molecule has 72 valence electrons. The molecule has 0 aliphatic carbocycles. The van der Waals surface area contributed by atoms with E-state index in [0.717, 1.165) is 12.3 Å². The van der Waals surface area contributed by atoms with E-state index in [4.69, 9.17) is 0 Å². The molecule has 13 heavy (non-hydrogen) atoms. The van der Waals surface area contributed by atoms with Gasteiger partial charge in [0.15, 0.2) is 0 Å². The number of halogens is 4. The molecule has 1 aromatic heterocycles. The highest BCUT2D eigenvalue weighted by Gasteiger charge is 2.32. The van der Waals surface area contributed by atoms with Gasteiger partial charge in [-0.3, -0.25) is 4.98 Å². The van der Waals surface area contributed by atoms with E-state index in [9.17, 15) is 13.2 Å². The lowest BCUT2D eigenvalue weighted by molar-refractivity contribution is -0.138. The quantitative estimate of drug-likeness (QED) is 0.739. The van der Waals surface area contributed by atoms with E-state index in [1.807, 2.05) is 0 Å². The number of aryl methyl sites for hydroxylation is 1. The predicted molar refractivity (Wildman–Crippen MR) is 46.7 cm³/mol. The Balaban J connectivity index is 3.05. The molecule has 0 spiro atoms. The maximum Gasteiger partial charge on any atom is 0.416 e. The monoisotopic (exact) mass is 253 g/mol. The van der Waals surface area contributed by atoms with Crippen LogP contribution in [-0.4, -0.2) is 10.3 Å². The van der Waals surface area contributed by atoms with Crippen LogP contribution in [0.5, 0.6) is 0 Å². The third kappa shape index (κ3) is 2.69. The average molecular weight is 254 g/mol. The number of nitrogens with zero attached hydrogens (tertiary/aromatic N) is 1. The van der Waals surface area contributed by atoms with Crippen molar-refractivity contribution in [1.29, 1.82) is 0 Å². The highest BCUT2D eigenvalue weighted by atomic mass is 79.9. The minimum atomic E-state index is -4.28. The summed E-state index contributed by atoms with van der Waals surface area (Å²) in [5.74, 6) is 0. The molecule has 0 fully saturated rings. The summed E-state index contributed by atoms with van der Waals surface area (Å²) < 4.78 is 37.0. The summed E-state index contributed by atoms with van der Waals surface area (Å²) >= 11 is 3.09. The van der Waals surface area contributed by atoms with E-state index in [2.05, 4.69) is 20.9 Å². The summed E-state index contributed by atoms with van der Waals surface area (Å²) in [5.41, 5.74) is -0.367. The van der Waals surface area contributed by atoms with Crippen LogP contribution in [0.3, 0.4) is 0 Å². The van der Waals surface area contributed by atoms with Crippen molar-refractivity contribution in [2.75, 3.05) is 5.33 Å². The SMILES string of the molecule is FC(F)(F)c1ccncc1CCBr. The summed E-state index contributed by atoms with van der Waals surface area (Å²) in [6, 6.07) is 0.998. The smallest absolute Gasteiger partial charge is 0.264 e. The molecule has 0 aromatic carbocycles. The largest absolute Gasteiger partial charge is 0.416 e. The molecule has 0 atom stereocenters. The van der Waals surface area contributed by atoms with Crippen LogP contribution in [0.25, 0.3) is 0 Å². The van der Waals surface area contributed by atoms with E-state index < -0.39 is 11.7 Å². The van der Waals surface area contributed by atoms with Gasteiger partial charge in [-0.15, -0.1) is 0 Å². The van der Waals surface area contributed by atoms with Gasteiger partial charge in [0.05, 0.1) is 5.56 Å². The molecular weight excluding hydrogens is 247 g/mol. The van der Waals surface area contributed by atoms with Gasteiger partial charge in [0.1, 0.15) is 0 Å². The molecule has 0 N–H and O–H groups in total. The Labute approximate surface area is 82.1 Å². The van der Waals surface area contributed by atoms with Crippen molar-refractivity contribution in [1.82, 2.24) is 4.98 Å². The Bertz CT molecular complexity index is 285. The lowest BCUT2D eigenvalue weighted by Gasteiger charge is -2.10. The molecule has 0 bridgehead atoms. The maximum absolute atomic E-state index is 12.3. The zero-order chi connectivity index (χ0) is 9.90. The predicted octanol–water partition coefficient (Wildman–Crippen LogP) is 3.04. The summed E-state index contributed by atoms with van der Waals surface area (Å²) in [5, 5.41) is 0.502. The summed E-state index contributed by atoms with van der Waals surface area (Å²) in [7, 11) is 0. The standard InChI is InChI=1S/C8H7BrF3N/c9-3-1-6-5-13-4-2-7(6)8(10,11)12/h2,4-5H,1,3H2. The van der Waals surface area contributed by atoms with E-state index in [1.54, 1.807) is 0 Å². The van der Waals surface area contributed by atoms with Crippen molar-refractivity contribution in [3.63, 3.8) is 0 Å². The molecule has 0 radical (unpaired) electrons. The second-order valence-electron chi connectivity index (χ2n) is 2.47. The van der Waals surface area contributed by atoms with Crippen LogP contribution in [-0.2, 0) is 12.6 Å². The maximum atomic E-state index is 12.3. The van der Waals surface area contributed by atoms with E-state index in [-0.39, 0.29) is 5.56 Å². The second-order valence-corrected chi connectivity index (χ2v) is 3.26. The van der Waals surface area contributed by atoms with Crippen molar-refractivity contribution in [2.45, 2.75) is 12.6 Å². The Hall–Kier alpha value is -0.580. The number of aromatic nitrogens is 1. The van der Waals surface area contributed by atoms with Crippen LogP contribution >= 0.6 is 15.9 Å². The van der Waals surface area contributed by atoms with Gasteiger partial charge in [0.25, 0.3) is 0 Å². The van der Waals surface area contributed by atoms with Crippen molar-refractivity contribution < 1.29 is 13.2 Å². The average Bonchev–Trinajstić information content (AvgIpc) is 2.04. The van der Waals surface area contributed by atoms with Gasteiger partial charge >= 0.3 is 6.18 Å². The highest BCUT2D eigenvalue weighted by Crippen LogP contribution is 2.31. The van der Waals surface area contributed by atoms with Gasteiger partial charge in [0, 0.05) is 17.7 Å². The third-order valence-corrected chi connectivity index (χ3v) is 1.97.